The van der Waals surface area contributed by atoms with Crippen LogP contribution in [0.4, 0.5) is 0 Å². The number of hydrogen-bond donors (Lipinski definition) is 2. The second-order valence-electron chi connectivity index (χ2n) is 6.13. The monoisotopic (exact) mass is 353 g/mol. The zero-order valence-corrected chi connectivity index (χ0v) is 14.8. The molecule has 0 spiro atoms. The number of aromatic hydroxyl groups is 1. The number of unbranched alkanes of at least 4 members (excludes halogenated alkanes) is 1. The third kappa shape index (κ3) is 4.57. The lowest BCUT2D eigenvalue weighted by atomic mass is 10.1. The highest BCUT2D eigenvalue weighted by molar-refractivity contribution is 5.84. The third-order valence-corrected chi connectivity index (χ3v) is 4.19. The number of aryl methyl sites for hydroxylation is 1. The smallest absolute Gasteiger partial charge is 0.311 e. The minimum Gasteiger partial charge on any atom is -0.508 e. The molecule has 0 atom stereocenters. The van der Waals surface area contributed by atoms with Gasteiger partial charge in [0.05, 0.1) is 6.61 Å². The first-order valence-corrected chi connectivity index (χ1v) is 8.88. The normalized spacial score (nSPS) is 10.8. The maximum absolute atomic E-state index is 11.9. The average Bonchev–Trinajstić information content (AvgIpc) is 3.03. The minimum absolute atomic E-state index is 0.224. The molecule has 0 radical (unpaired) electrons. The highest BCUT2D eigenvalue weighted by Crippen LogP contribution is 2.24. The summed E-state index contributed by atoms with van der Waals surface area (Å²) in [5.74, 6) is 1.33. The minimum atomic E-state index is -0.224. The zero-order chi connectivity index (χ0) is 18.4. The predicted molar refractivity (Wildman–Crippen MR) is 101 cm³/mol. The number of rotatable bonds is 8. The molecule has 0 aliphatic carbocycles. The summed E-state index contributed by atoms with van der Waals surface area (Å²) in [7, 11) is 0. The maximum atomic E-state index is 11.9. The summed E-state index contributed by atoms with van der Waals surface area (Å²) in [6.45, 7) is 2.53. The number of phenols is 1. The Balaban J connectivity index is 1.43. The Hall–Kier alpha value is -2.95. The summed E-state index contributed by atoms with van der Waals surface area (Å²) in [6, 6.07) is 12.4. The van der Waals surface area contributed by atoms with E-state index in [1.165, 1.54) is 5.56 Å². The van der Waals surface area contributed by atoms with Crippen LogP contribution in [-0.4, -0.2) is 22.7 Å². The van der Waals surface area contributed by atoms with E-state index in [1.54, 1.807) is 36.4 Å². The number of nitrogens with one attached hydrogen (secondary N) is 1. The standard InChI is InChI=1S/C21H23NO4/c1-2-25-17-8-10-18(11-9-17)26-21(24)6-4-3-5-15-14-22-20-13-16(23)7-12-19(15)20/h7-14,22-23H,2-6H2,1H3. The summed E-state index contributed by atoms with van der Waals surface area (Å²) < 4.78 is 10.7. The highest BCUT2D eigenvalue weighted by atomic mass is 16.5. The van der Waals surface area contributed by atoms with Crippen LogP contribution in [0, 0.1) is 0 Å². The number of phenolic OH excluding ortho intramolecular Hbond substituents is 1. The van der Waals surface area contributed by atoms with Crippen LogP contribution in [0.15, 0.2) is 48.7 Å². The Labute approximate surface area is 152 Å². The molecule has 26 heavy (non-hydrogen) atoms. The molecular formula is C21H23NO4. The van der Waals surface area contributed by atoms with Gasteiger partial charge in [-0.25, -0.2) is 0 Å². The van der Waals surface area contributed by atoms with Crippen molar-refractivity contribution in [2.24, 2.45) is 0 Å². The SMILES string of the molecule is CCOc1ccc(OC(=O)CCCCc2c[nH]c3cc(O)ccc23)cc1. The first-order valence-electron chi connectivity index (χ1n) is 8.88. The van der Waals surface area contributed by atoms with Gasteiger partial charge in [0, 0.05) is 29.6 Å². The molecule has 0 fully saturated rings. The Bertz CT molecular complexity index is 867. The fraction of sp³-hybridized carbons (Fsp3) is 0.286. The second kappa shape index (κ2) is 8.43. The first kappa shape index (κ1) is 17.9. The van der Waals surface area contributed by atoms with Gasteiger partial charge in [0.1, 0.15) is 17.2 Å². The molecule has 3 rings (SSSR count). The molecule has 2 N–H and O–H groups in total. The van der Waals surface area contributed by atoms with E-state index in [0.717, 1.165) is 35.9 Å². The quantitative estimate of drug-likeness (QED) is 0.353. The number of benzene rings is 2. The summed E-state index contributed by atoms with van der Waals surface area (Å²) in [4.78, 5) is 15.1. The van der Waals surface area contributed by atoms with Crippen LogP contribution < -0.4 is 9.47 Å². The Morgan fingerprint density at radius 2 is 1.85 bits per heavy atom. The van der Waals surface area contributed by atoms with E-state index in [4.69, 9.17) is 9.47 Å². The Morgan fingerprint density at radius 1 is 1.08 bits per heavy atom. The van der Waals surface area contributed by atoms with Crippen LogP contribution in [0.25, 0.3) is 10.9 Å². The van der Waals surface area contributed by atoms with Crippen LogP contribution >= 0.6 is 0 Å². The van der Waals surface area contributed by atoms with Crippen molar-refractivity contribution in [3.05, 3.63) is 54.2 Å². The van der Waals surface area contributed by atoms with Crippen molar-refractivity contribution in [2.75, 3.05) is 6.61 Å². The number of hydrogen-bond acceptors (Lipinski definition) is 4. The first-order chi connectivity index (χ1) is 12.7. The molecule has 3 aromatic rings. The van der Waals surface area contributed by atoms with Gasteiger partial charge in [0.15, 0.2) is 0 Å². The van der Waals surface area contributed by atoms with Gasteiger partial charge >= 0.3 is 5.97 Å². The van der Waals surface area contributed by atoms with Gasteiger partial charge in [-0.2, -0.15) is 0 Å². The molecule has 5 heteroatoms. The van der Waals surface area contributed by atoms with E-state index >= 15 is 0 Å². The predicted octanol–water partition coefficient (Wildman–Crippen LogP) is 4.59. The van der Waals surface area contributed by atoms with Crippen molar-refractivity contribution < 1.29 is 19.4 Å². The molecule has 1 aromatic heterocycles. The summed E-state index contributed by atoms with van der Waals surface area (Å²) in [6.07, 6.45) is 4.88. The molecule has 0 amide bonds. The number of aromatic amines is 1. The number of carbonyl (C=O) groups is 1. The van der Waals surface area contributed by atoms with E-state index in [9.17, 15) is 9.90 Å². The van der Waals surface area contributed by atoms with E-state index < -0.39 is 0 Å². The van der Waals surface area contributed by atoms with Gasteiger partial charge in [-0.1, -0.05) is 0 Å². The van der Waals surface area contributed by atoms with Crippen molar-refractivity contribution >= 4 is 16.9 Å². The van der Waals surface area contributed by atoms with E-state index in [0.29, 0.717) is 18.8 Å². The number of H-pyrrole nitrogens is 1. The molecule has 136 valence electrons. The highest BCUT2D eigenvalue weighted by Gasteiger charge is 2.07. The Morgan fingerprint density at radius 3 is 2.62 bits per heavy atom. The number of carbonyl (C=O) groups excluding carboxylic acids is 1. The van der Waals surface area contributed by atoms with Crippen LogP contribution in [-0.2, 0) is 11.2 Å². The maximum Gasteiger partial charge on any atom is 0.311 e. The molecule has 0 saturated carbocycles. The molecule has 0 bridgehead atoms. The third-order valence-electron chi connectivity index (χ3n) is 4.19. The Kier molecular flexibility index (Phi) is 5.79. The largest absolute Gasteiger partial charge is 0.508 e. The number of esters is 1. The molecule has 0 unspecified atom stereocenters. The number of fused-ring (bicyclic) bond motifs is 1. The number of ether oxygens (including phenoxy) is 2. The van der Waals surface area contributed by atoms with Crippen LogP contribution in [0.5, 0.6) is 17.2 Å². The lowest BCUT2D eigenvalue weighted by molar-refractivity contribution is -0.134. The lowest BCUT2D eigenvalue weighted by Gasteiger charge is -2.06. The molecule has 0 aliphatic rings. The average molecular weight is 353 g/mol. The zero-order valence-electron chi connectivity index (χ0n) is 14.8. The van der Waals surface area contributed by atoms with Gasteiger partial charge in [-0.3, -0.25) is 4.79 Å². The van der Waals surface area contributed by atoms with Crippen molar-refractivity contribution in [1.29, 1.82) is 0 Å². The van der Waals surface area contributed by atoms with Gasteiger partial charge in [0.2, 0.25) is 0 Å². The van der Waals surface area contributed by atoms with E-state index in [-0.39, 0.29) is 11.7 Å². The van der Waals surface area contributed by atoms with Crippen molar-refractivity contribution in [1.82, 2.24) is 4.98 Å². The lowest BCUT2D eigenvalue weighted by Crippen LogP contribution is -2.07. The molecule has 2 aromatic carbocycles. The molecule has 0 aliphatic heterocycles. The van der Waals surface area contributed by atoms with Crippen LogP contribution in [0.1, 0.15) is 31.7 Å². The van der Waals surface area contributed by atoms with Gasteiger partial charge in [0.25, 0.3) is 0 Å². The van der Waals surface area contributed by atoms with E-state index in [1.807, 2.05) is 19.2 Å². The van der Waals surface area contributed by atoms with Gasteiger partial charge in [-0.15, -0.1) is 0 Å². The fourth-order valence-corrected chi connectivity index (χ4v) is 2.92. The van der Waals surface area contributed by atoms with Crippen LogP contribution in [0.2, 0.25) is 0 Å². The molecule has 5 nitrogen and oxygen atoms in total. The summed E-state index contributed by atoms with van der Waals surface area (Å²) in [5, 5.41) is 10.6. The molecule has 1 heterocycles. The van der Waals surface area contributed by atoms with Crippen molar-refractivity contribution in [2.45, 2.75) is 32.6 Å². The van der Waals surface area contributed by atoms with Gasteiger partial charge < -0.3 is 19.6 Å². The molecule has 0 saturated heterocycles. The van der Waals surface area contributed by atoms with Crippen molar-refractivity contribution in [3.63, 3.8) is 0 Å². The van der Waals surface area contributed by atoms with E-state index in [2.05, 4.69) is 4.98 Å². The van der Waals surface area contributed by atoms with Crippen molar-refractivity contribution in [3.8, 4) is 17.2 Å². The fourth-order valence-electron chi connectivity index (χ4n) is 2.92. The summed E-state index contributed by atoms with van der Waals surface area (Å²) >= 11 is 0. The van der Waals surface area contributed by atoms with Crippen LogP contribution in [0.3, 0.4) is 0 Å². The number of aromatic nitrogens is 1. The topological polar surface area (TPSA) is 71.5 Å². The molecular weight excluding hydrogens is 330 g/mol. The summed E-state index contributed by atoms with van der Waals surface area (Å²) in [5.41, 5.74) is 2.12. The second-order valence-corrected chi connectivity index (χ2v) is 6.13. The van der Waals surface area contributed by atoms with Gasteiger partial charge in [-0.05, 0) is 68.1 Å².